The summed E-state index contributed by atoms with van der Waals surface area (Å²) in [5.74, 6) is -0.0800. The molecule has 1 unspecified atom stereocenters. The Morgan fingerprint density at radius 2 is 1.74 bits per heavy atom. The molecule has 0 aliphatic carbocycles. The summed E-state index contributed by atoms with van der Waals surface area (Å²) in [6.45, 7) is 5.65. The molecule has 0 radical (unpaired) electrons. The molecule has 0 bridgehead atoms. The standard InChI is InChI=1S/C18H22FNO2S/c1-13(2)11-18(15-7-5-4-6-8-15)20-23(21,22)16-9-10-17(19)14(3)12-16/h4-10,12-13,18,20H,11H2,1-3H3. The molecule has 0 aromatic heterocycles. The molecule has 0 heterocycles. The van der Waals surface area contributed by atoms with E-state index in [1.165, 1.54) is 18.2 Å². The highest BCUT2D eigenvalue weighted by atomic mass is 32.2. The van der Waals surface area contributed by atoms with Crippen LogP contribution in [0.2, 0.25) is 0 Å². The summed E-state index contributed by atoms with van der Waals surface area (Å²) < 4.78 is 41.4. The maximum atomic E-state index is 13.4. The zero-order valence-corrected chi connectivity index (χ0v) is 14.4. The van der Waals surface area contributed by atoms with Crippen LogP contribution in [-0.4, -0.2) is 8.42 Å². The third-order valence-electron chi connectivity index (χ3n) is 3.65. The number of hydrogen-bond donors (Lipinski definition) is 1. The number of benzene rings is 2. The van der Waals surface area contributed by atoms with E-state index < -0.39 is 15.8 Å². The number of hydrogen-bond acceptors (Lipinski definition) is 2. The van der Waals surface area contributed by atoms with Crippen LogP contribution in [0.25, 0.3) is 0 Å². The predicted molar refractivity (Wildman–Crippen MR) is 90.1 cm³/mol. The molecule has 2 rings (SSSR count). The van der Waals surface area contributed by atoms with E-state index in [1.807, 2.05) is 44.2 Å². The highest BCUT2D eigenvalue weighted by molar-refractivity contribution is 7.89. The van der Waals surface area contributed by atoms with Crippen LogP contribution in [-0.2, 0) is 10.0 Å². The Kier molecular flexibility index (Phi) is 5.55. The minimum atomic E-state index is -3.71. The van der Waals surface area contributed by atoms with E-state index in [0.29, 0.717) is 17.9 Å². The average molecular weight is 335 g/mol. The smallest absolute Gasteiger partial charge is 0.207 e. The topological polar surface area (TPSA) is 46.2 Å². The van der Waals surface area contributed by atoms with Crippen LogP contribution in [0.5, 0.6) is 0 Å². The van der Waals surface area contributed by atoms with Crippen LogP contribution >= 0.6 is 0 Å². The van der Waals surface area contributed by atoms with Gasteiger partial charge in [-0.25, -0.2) is 17.5 Å². The first-order valence-electron chi connectivity index (χ1n) is 7.63. The Morgan fingerprint density at radius 1 is 1.09 bits per heavy atom. The molecule has 23 heavy (non-hydrogen) atoms. The molecule has 1 atom stereocenters. The lowest BCUT2D eigenvalue weighted by Gasteiger charge is -2.21. The molecule has 5 heteroatoms. The Hall–Kier alpha value is -1.72. The molecule has 0 aliphatic heterocycles. The van der Waals surface area contributed by atoms with Gasteiger partial charge in [0.05, 0.1) is 4.90 Å². The highest BCUT2D eigenvalue weighted by Crippen LogP contribution is 2.24. The summed E-state index contributed by atoms with van der Waals surface area (Å²) in [5, 5.41) is 0. The van der Waals surface area contributed by atoms with Gasteiger partial charge in [0.1, 0.15) is 5.82 Å². The monoisotopic (exact) mass is 335 g/mol. The molecule has 0 aliphatic rings. The minimum absolute atomic E-state index is 0.0843. The Morgan fingerprint density at radius 3 is 2.30 bits per heavy atom. The third kappa shape index (κ3) is 4.62. The van der Waals surface area contributed by atoms with Crippen molar-refractivity contribution < 1.29 is 12.8 Å². The van der Waals surface area contributed by atoms with E-state index in [-0.39, 0.29) is 10.9 Å². The lowest BCUT2D eigenvalue weighted by atomic mass is 9.98. The van der Waals surface area contributed by atoms with Gasteiger partial charge in [-0.15, -0.1) is 0 Å². The van der Waals surface area contributed by atoms with Gasteiger partial charge in [0.2, 0.25) is 10.0 Å². The number of aryl methyl sites for hydroxylation is 1. The van der Waals surface area contributed by atoms with Crippen LogP contribution < -0.4 is 4.72 Å². The molecule has 2 aromatic rings. The van der Waals surface area contributed by atoms with Crippen molar-refractivity contribution in [2.45, 2.75) is 38.1 Å². The van der Waals surface area contributed by atoms with Gasteiger partial charge in [0.15, 0.2) is 0 Å². The Bertz CT molecular complexity index is 758. The molecule has 0 saturated carbocycles. The molecule has 1 N–H and O–H groups in total. The number of halogens is 1. The summed E-state index contributed by atoms with van der Waals surface area (Å²) in [4.78, 5) is 0.0843. The van der Waals surface area contributed by atoms with Crippen molar-refractivity contribution in [1.29, 1.82) is 0 Å². The summed E-state index contributed by atoms with van der Waals surface area (Å²) in [6, 6.07) is 13.0. The van der Waals surface area contributed by atoms with E-state index in [1.54, 1.807) is 6.92 Å². The van der Waals surface area contributed by atoms with Crippen molar-refractivity contribution in [1.82, 2.24) is 4.72 Å². The Labute approximate surface area is 137 Å². The van der Waals surface area contributed by atoms with Crippen molar-refractivity contribution in [3.8, 4) is 0 Å². The molecule has 0 saturated heterocycles. The van der Waals surface area contributed by atoms with Crippen molar-refractivity contribution >= 4 is 10.0 Å². The van der Waals surface area contributed by atoms with Crippen molar-refractivity contribution in [3.63, 3.8) is 0 Å². The van der Waals surface area contributed by atoms with Crippen molar-refractivity contribution in [2.75, 3.05) is 0 Å². The van der Waals surface area contributed by atoms with E-state index in [4.69, 9.17) is 0 Å². The highest BCUT2D eigenvalue weighted by Gasteiger charge is 2.22. The maximum absolute atomic E-state index is 13.4. The van der Waals surface area contributed by atoms with Crippen LogP contribution in [0.15, 0.2) is 53.4 Å². The molecule has 0 amide bonds. The average Bonchev–Trinajstić information content (AvgIpc) is 2.49. The van der Waals surface area contributed by atoms with Gasteiger partial charge in [-0.3, -0.25) is 0 Å². The van der Waals surface area contributed by atoms with Gasteiger partial charge >= 0.3 is 0 Å². The molecule has 0 spiro atoms. The Balaban J connectivity index is 2.32. The predicted octanol–water partition coefficient (Wildman–Crippen LogP) is 4.20. The van der Waals surface area contributed by atoms with Crippen LogP contribution in [0.4, 0.5) is 4.39 Å². The first kappa shape index (κ1) is 17.6. The zero-order valence-electron chi connectivity index (χ0n) is 13.6. The number of sulfonamides is 1. The SMILES string of the molecule is Cc1cc(S(=O)(=O)NC(CC(C)C)c2ccccc2)ccc1F. The first-order valence-corrected chi connectivity index (χ1v) is 9.11. The van der Waals surface area contributed by atoms with E-state index in [2.05, 4.69) is 4.72 Å². The first-order chi connectivity index (χ1) is 10.8. The van der Waals surface area contributed by atoms with Crippen molar-refractivity contribution in [3.05, 3.63) is 65.5 Å². The molecular formula is C18H22FNO2S. The van der Waals surface area contributed by atoms with E-state index in [0.717, 1.165) is 5.56 Å². The second kappa shape index (κ2) is 7.23. The van der Waals surface area contributed by atoms with E-state index in [9.17, 15) is 12.8 Å². The molecule has 2 aromatic carbocycles. The van der Waals surface area contributed by atoms with Gasteiger partial charge in [-0.1, -0.05) is 44.2 Å². The van der Waals surface area contributed by atoms with Crippen molar-refractivity contribution in [2.24, 2.45) is 5.92 Å². The largest absolute Gasteiger partial charge is 0.241 e. The molecule has 0 fully saturated rings. The van der Waals surface area contributed by atoms with Crippen LogP contribution in [0, 0.1) is 18.7 Å². The summed E-state index contributed by atoms with van der Waals surface area (Å²) in [6.07, 6.45) is 0.684. The lowest BCUT2D eigenvalue weighted by molar-refractivity contribution is 0.472. The van der Waals surface area contributed by atoms with Crippen LogP contribution in [0.1, 0.15) is 37.4 Å². The number of rotatable bonds is 6. The minimum Gasteiger partial charge on any atom is -0.207 e. The quantitative estimate of drug-likeness (QED) is 0.860. The normalized spacial score (nSPS) is 13.3. The zero-order chi connectivity index (χ0) is 17.0. The fraction of sp³-hybridized carbons (Fsp3) is 0.333. The van der Waals surface area contributed by atoms with Gasteiger partial charge in [0.25, 0.3) is 0 Å². The third-order valence-corrected chi connectivity index (χ3v) is 5.12. The fourth-order valence-corrected chi connectivity index (χ4v) is 3.77. The van der Waals surface area contributed by atoms with Gasteiger partial charge < -0.3 is 0 Å². The van der Waals surface area contributed by atoms with Crippen LogP contribution in [0.3, 0.4) is 0 Å². The second-order valence-corrected chi connectivity index (χ2v) is 7.84. The second-order valence-electron chi connectivity index (χ2n) is 6.13. The lowest BCUT2D eigenvalue weighted by Crippen LogP contribution is -2.29. The number of nitrogens with one attached hydrogen (secondary N) is 1. The summed E-state index contributed by atoms with van der Waals surface area (Å²) in [5.41, 5.74) is 1.23. The summed E-state index contributed by atoms with van der Waals surface area (Å²) >= 11 is 0. The van der Waals surface area contributed by atoms with Gasteiger partial charge in [0, 0.05) is 6.04 Å². The maximum Gasteiger partial charge on any atom is 0.241 e. The molecule has 124 valence electrons. The van der Waals surface area contributed by atoms with E-state index >= 15 is 0 Å². The van der Waals surface area contributed by atoms with Gasteiger partial charge in [-0.2, -0.15) is 0 Å². The fourth-order valence-electron chi connectivity index (χ4n) is 2.45. The van der Waals surface area contributed by atoms with Gasteiger partial charge in [-0.05, 0) is 48.6 Å². The molecular weight excluding hydrogens is 313 g/mol. The molecule has 3 nitrogen and oxygen atoms in total. The summed E-state index contributed by atoms with van der Waals surface area (Å²) in [7, 11) is -3.71.